The number of hydrogen-bond donors (Lipinski definition) is 2. The molecule has 1 aromatic heterocycles. The van der Waals surface area contributed by atoms with Gasteiger partial charge in [0.15, 0.2) is 0 Å². The summed E-state index contributed by atoms with van der Waals surface area (Å²) in [6.45, 7) is 2.88. The maximum Gasteiger partial charge on any atom is 0.0839 e. The van der Waals surface area contributed by atoms with E-state index in [1.165, 1.54) is 0 Å². The van der Waals surface area contributed by atoms with Gasteiger partial charge in [0.05, 0.1) is 23.9 Å². The molecule has 2 aliphatic heterocycles. The Morgan fingerprint density at radius 3 is 3.31 bits per heavy atom. The van der Waals surface area contributed by atoms with Crippen LogP contribution in [0.4, 0.5) is 5.69 Å². The van der Waals surface area contributed by atoms with Gasteiger partial charge in [-0.15, -0.1) is 0 Å². The number of ether oxygens (including phenoxy) is 1. The molecule has 0 amide bonds. The zero-order valence-corrected chi connectivity index (χ0v) is 9.28. The lowest BCUT2D eigenvalue weighted by atomic mass is 9.97. The molecule has 2 aliphatic rings. The standard InChI is InChI=1S/C12H17N3O/c1-2-10(7-13-4-1)15-11-6-12(16-8-11)3-5-14-9-12/h1-2,4,7,11,14-15H,3,5-6,8-9H2. The molecule has 0 saturated carbocycles. The lowest BCUT2D eigenvalue weighted by Crippen LogP contribution is -2.31. The van der Waals surface area contributed by atoms with Gasteiger partial charge in [-0.2, -0.15) is 0 Å². The molecule has 2 fully saturated rings. The van der Waals surface area contributed by atoms with Crippen LogP contribution in [-0.2, 0) is 4.74 Å². The van der Waals surface area contributed by atoms with Crippen LogP contribution in [0.5, 0.6) is 0 Å². The summed E-state index contributed by atoms with van der Waals surface area (Å²) in [7, 11) is 0. The minimum atomic E-state index is 0.0971. The van der Waals surface area contributed by atoms with E-state index in [-0.39, 0.29) is 5.60 Å². The first kappa shape index (κ1) is 10.1. The van der Waals surface area contributed by atoms with Crippen molar-refractivity contribution in [3.05, 3.63) is 24.5 Å². The van der Waals surface area contributed by atoms with Gasteiger partial charge in [0.2, 0.25) is 0 Å². The van der Waals surface area contributed by atoms with E-state index in [4.69, 9.17) is 4.74 Å². The number of pyridine rings is 1. The summed E-state index contributed by atoms with van der Waals surface area (Å²) in [5.74, 6) is 0. The molecule has 1 aromatic rings. The molecule has 2 saturated heterocycles. The highest BCUT2D eigenvalue weighted by Crippen LogP contribution is 2.32. The highest BCUT2D eigenvalue weighted by molar-refractivity contribution is 5.41. The van der Waals surface area contributed by atoms with Crippen LogP contribution in [0.2, 0.25) is 0 Å². The molecule has 16 heavy (non-hydrogen) atoms. The molecule has 0 aromatic carbocycles. The van der Waals surface area contributed by atoms with Gasteiger partial charge in [0.1, 0.15) is 0 Å². The van der Waals surface area contributed by atoms with Gasteiger partial charge in [0.25, 0.3) is 0 Å². The van der Waals surface area contributed by atoms with Crippen molar-refractivity contribution in [1.82, 2.24) is 10.3 Å². The van der Waals surface area contributed by atoms with Crippen molar-refractivity contribution < 1.29 is 4.74 Å². The SMILES string of the molecule is c1cncc(NC2COC3(CCNC3)C2)c1. The van der Waals surface area contributed by atoms with Gasteiger partial charge in [-0.1, -0.05) is 0 Å². The summed E-state index contributed by atoms with van der Waals surface area (Å²) in [6.07, 6.45) is 5.88. The van der Waals surface area contributed by atoms with Gasteiger partial charge in [0, 0.05) is 25.4 Å². The summed E-state index contributed by atoms with van der Waals surface area (Å²) in [4.78, 5) is 4.10. The van der Waals surface area contributed by atoms with Crippen LogP contribution in [0.15, 0.2) is 24.5 Å². The molecule has 0 radical (unpaired) electrons. The topological polar surface area (TPSA) is 46.2 Å². The van der Waals surface area contributed by atoms with Crippen LogP contribution in [0.1, 0.15) is 12.8 Å². The van der Waals surface area contributed by atoms with Gasteiger partial charge in [-0.3, -0.25) is 4.98 Å². The molecule has 2 N–H and O–H groups in total. The number of aromatic nitrogens is 1. The van der Waals surface area contributed by atoms with Crippen LogP contribution in [-0.4, -0.2) is 36.3 Å². The van der Waals surface area contributed by atoms with Gasteiger partial charge in [-0.05, 0) is 25.1 Å². The average Bonchev–Trinajstić information content (AvgIpc) is 2.92. The summed E-state index contributed by atoms with van der Waals surface area (Å²) in [5.41, 5.74) is 1.18. The summed E-state index contributed by atoms with van der Waals surface area (Å²) in [6, 6.07) is 4.42. The molecule has 0 bridgehead atoms. The molecule has 4 nitrogen and oxygen atoms in total. The van der Waals surface area contributed by atoms with Crippen LogP contribution in [0.3, 0.4) is 0 Å². The van der Waals surface area contributed by atoms with E-state index in [9.17, 15) is 0 Å². The van der Waals surface area contributed by atoms with Crippen molar-refractivity contribution >= 4 is 5.69 Å². The second kappa shape index (κ2) is 4.03. The molecule has 2 atom stereocenters. The molecule has 3 heterocycles. The molecular formula is C12H17N3O. The predicted octanol–water partition coefficient (Wildman–Crippen LogP) is 1.01. The fraction of sp³-hybridized carbons (Fsp3) is 0.583. The second-order valence-corrected chi connectivity index (χ2v) is 4.71. The van der Waals surface area contributed by atoms with E-state index in [0.717, 1.165) is 38.2 Å². The Labute approximate surface area is 95.4 Å². The molecule has 2 unspecified atom stereocenters. The van der Waals surface area contributed by atoms with Crippen molar-refractivity contribution in [2.45, 2.75) is 24.5 Å². The second-order valence-electron chi connectivity index (χ2n) is 4.71. The van der Waals surface area contributed by atoms with Crippen molar-refractivity contribution in [1.29, 1.82) is 0 Å². The Morgan fingerprint density at radius 1 is 1.56 bits per heavy atom. The molecule has 1 spiro atoms. The first-order chi connectivity index (χ1) is 7.86. The maximum atomic E-state index is 5.94. The number of rotatable bonds is 2. The van der Waals surface area contributed by atoms with Crippen molar-refractivity contribution in [3.8, 4) is 0 Å². The number of hydrogen-bond acceptors (Lipinski definition) is 4. The third-order valence-electron chi connectivity index (χ3n) is 3.45. The first-order valence-corrected chi connectivity index (χ1v) is 5.88. The van der Waals surface area contributed by atoms with Crippen LogP contribution in [0.25, 0.3) is 0 Å². The van der Waals surface area contributed by atoms with Crippen LogP contribution in [0, 0.1) is 0 Å². The number of anilines is 1. The van der Waals surface area contributed by atoms with E-state index < -0.39 is 0 Å². The minimum absolute atomic E-state index is 0.0971. The van der Waals surface area contributed by atoms with Crippen LogP contribution < -0.4 is 10.6 Å². The zero-order valence-electron chi connectivity index (χ0n) is 9.28. The normalized spacial score (nSPS) is 33.4. The Bertz CT molecular complexity index is 349. The Hall–Kier alpha value is -1.13. The van der Waals surface area contributed by atoms with E-state index in [0.29, 0.717) is 6.04 Å². The van der Waals surface area contributed by atoms with Crippen molar-refractivity contribution in [3.63, 3.8) is 0 Å². The lowest BCUT2D eigenvalue weighted by molar-refractivity contribution is 0.0214. The van der Waals surface area contributed by atoms with Crippen LogP contribution >= 0.6 is 0 Å². The summed E-state index contributed by atoms with van der Waals surface area (Å²) < 4.78 is 5.94. The average molecular weight is 219 g/mol. The monoisotopic (exact) mass is 219 g/mol. The molecule has 3 rings (SSSR count). The van der Waals surface area contributed by atoms with Gasteiger partial charge in [-0.25, -0.2) is 0 Å². The molecule has 4 heteroatoms. The maximum absolute atomic E-state index is 5.94. The highest BCUT2D eigenvalue weighted by Gasteiger charge is 2.42. The Balaban J connectivity index is 1.62. The van der Waals surface area contributed by atoms with E-state index >= 15 is 0 Å². The molecular weight excluding hydrogens is 202 g/mol. The van der Waals surface area contributed by atoms with Gasteiger partial charge >= 0.3 is 0 Å². The third-order valence-corrected chi connectivity index (χ3v) is 3.45. The molecule has 0 aliphatic carbocycles. The Morgan fingerprint density at radius 2 is 2.56 bits per heavy atom. The predicted molar refractivity (Wildman–Crippen MR) is 62.4 cm³/mol. The van der Waals surface area contributed by atoms with E-state index in [2.05, 4.69) is 15.6 Å². The summed E-state index contributed by atoms with van der Waals surface area (Å²) in [5, 5.41) is 6.85. The highest BCUT2D eigenvalue weighted by atomic mass is 16.5. The minimum Gasteiger partial charge on any atom is -0.379 e. The van der Waals surface area contributed by atoms with Gasteiger partial charge < -0.3 is 15.4 Å². The zero-order chi connectivity index (χ0) is 10.8. The van der Waals surface area contributed by atoms with E-state index in [1.807, 2.05) is 18.3 Å². The van der Waals surface area contributed by atoms with E-state index in [1.54, 1.807) is 6.20 Å². The van der Waals surface area contributed by atoms with Crippen molar-refractivity contribution in [2.24, 2.45) is 0 Å². The fourth-order valence-corrected chi connectivity index (χ4v) is 2.64. The third kappa shape index (κ3) is 1.90. The fourth-order valence-electron chi connectivity index (χ4n) is 2.64. The lowest BCUT2D eigenvalue weighted by Gasteiger charge is -2.20. The number of nitrogens with one attached hydrogen (secondary N) is 2. The number of nitrogens with zero attached hydrogens (tertiary/aromatic N) is 1. The first-order valence-electron chi connectivity index (χ1n) is 5.88. The summed E-state index contributed by atoms with van der Waals surface area (Å²) >= 11 is 0. The van der Waals surface area contributed by atoms with Crippen molar-refractivity contribution in [2.75, 3.05) is 25.0 Å². The molecule has 86 valence electrons. The smallest absolute Gasteiger partial charge is 0.0839 e. The largest absolute Gasteiger partial charge is 0.379 e. The Kier molecular flexibility index (Phi) is 2.53. The quantitative estimate of drug-likeness (QED) is 0.779.